The Morgan fingerprint density at radius 3 is 2.96 bits per heavy atom. The number of likely N-dealkylation sites (tertiary alicyclic amines) is 1. The van der Waals surface area contributed by atoms with Gasteiger partial charge in [0.25, 0.3) is 0 Å². The minimum atomic E-state index is 0.131. The van der Waals surface area contributed by atoms with E-state index in [4.69, 9.17) is 4.52 Å². The third-order valence-corrected chi connectivity index (χ3v) is 5.26. The average Bonchev–Trinajstić information content (AvgIpc) is 3.16. The fraction of sp³-hybridized carbons (Fsp3) is 0.625. The third kappa shape index (κ3) is 3.77. The van der Waals surface area contributed by atoms with E-state index in [1.165, 1.54) is 0 Å². The summed E-state index contributed by atoms with van der Waals surface area (Å²) in [5, 5.41) is 6.94. The molecule has 6 nitrogen and oxygen atoms in total. The number of carbonyl (C=O) groups excluding carboxylic acids is 1. The zero-order chi connectivity index (χ0) is 16.4. The number of amides is 1. The molecule has 7 heteroatoms. The van der Waals surface area contributed by atoms with Gasteiger partial charge in [-0.25, -0.2) is 4.98 Å². The van der Waals surface area contributed by atoms with Crippen LogP contribution in [0.25, 0.3) is 0 Å². The summed E-state index contributed by atoms with van der Waals surface area (Å²) in [6, 6.07) is 0. The monoisotopic (exact) mass is 334 g/mol. The molecule has 23 heavy (non-hydrogen) atoms. The van der Waals surface area contributed by atoms with Crippen molar-refractivity contribution in [2.75, 3.05) is 13.1 Å². The van der Waals surface area contributed by atoms with Gasteiger partial charge in [0.15, 0.2) is 5.82 Å². The fourth-order valence-electron chi connectivity index (χ4n) is 2.82. The highest BCUT2D eigenvalue weighted by Crippen LogP contribution is 2.26. The lowest BCUT2D eigenvalue weighted by molar-refractivity contribution is -0.131. The van der Waals surface area contributed by atoms with E-state index >= 15 is 0 Å². The molecule has 1 aliphatic rings. The Morgan fingerprint density at radius 2 is 2.30 bits per heavy atom. The Balaban J connectivity index is 1.62. The molecule has 1 aliphatic heterocycles. The molecule has 1 atom stereocenters. The van der Waals surface area contributed by atoms with Gasteiger partial charge in [-0.05, 0) is 19.8 Å². The summed E-state index contributed by atoms with van der Waals surface area (Å²) in [5.41, 5.74) is 0.874. The van der Waals surface area contributed by atoms with Gasteiger partial charge in [0.2, 0.25) is 11.8 Å². The molecule has 0 radical (unpaired) electrons. The molecular weight excluding hydrogens is 312 g/mol. The number of hydrogen-bond acceptors (Lipinski definition) is 6. The lowest BCUT2D eigenvalue weighted by atomic mass is 9.97. The van der Waals surface area contributed by atoms with E-state index in [1.54, 1.807) is 11.3 Å². The highest BCUT2D eigenvalue weighted by molar-refractivity contribution is 7.09. The quantitative estimate of drug-likeness (QED) is 0.859. The lowest BCUT2D eigenvalue weighted by Gasteiger charge is -2.30. The molecule has 1 fully saturated rings. The molecule has 0 N–H and O–H groups in total. The van der Waals surface area contributed by atoms with Crippen LogP contribution in [0.2, 0.25) is 0 Å². The minimum absolute atomic E-state index is 0.131. The van der Waals surface area contributed by atoms with Crippen LogP contribution in [-0.2, 0) is 11.2 Å². The van der Waals surface area contributed by atoms with Crippen LogP contribution in [0.4, 0.5) is 0 Å². The summed E-state index contributed by atoms with van der Waals surface area (Å²) in [5.74, 6) is 1.98. The third-order valence-electron chi connectivity index (χ3n) is 4.06. The van der Waals surface area contributed by atoms with Crippen molar-refractivity contribution in [3.8, 4) is 0 Å². The molecule has 3 rings (SSSR count). The number of aryl methyl sites for hydroxylation is 1. The van der Waals surface area contributed by atoms with Crippen molar-refractivity contribution in [1.29, 1.82) is 0 Å². The van der Waals surface area contributed by atoms with Crippen LogP contribution in [0, 0.1) is 6.92 Å². The van der Waals surface area contributed by atoms with Gasteiger partial charge in [-0.1, -0.05) is 19.0 Å². The average molecular weight is 334 g/mol. The number of thiazole rings is 1. The summed E-state index contributed by atoms with van der Waals surface area (Å²) < 4.78 is 5.27. The number of piperidine rings is 1. The molecule has 0 bridgehead atoms. The van der Waals surface area contributed by atoms with Crippen molar-refractivity contribution in [3.05, 3.63) is 27.8 Å². The smallest absolute Gasteiger partial charge is 0.231 e. The van der Waals surface area contributed by atoms with E-state index in [2.05, 4.69) is 29.0 Å². The highest BCUT2D eigenvalue weighted by atomic mass is 32.1. The van der Waals surface area contributed by atoms with Crippen molar-refractivity contribution < 1.29 is 9.32 Å². The van der Waals surface area contributed by atoms with Crippen LogP contribution in [0.5, 0.6) is 0 Å². The van der Waals surface area contributed by atoms with E-state index in [0.29, 0.717) is 30.6 Å². The summed E-state index contributed by atoms with van der Waals surface area (Å²) in [6.07, 6.45) is 2.32. The summed E-state index contributed by atoms with van der Waals surface area (Å²) in [6.45, 7) is 7.50. The van der Waals surface area contributed by atoms with E-state index < -0.39 is 0 Å². The van der Waals surface area contributed by atoms with Crippen LogP contribution < -0.4 is 0 Å². The Bertz CT molecular complexity index is 679. The maximum absolute atomic E-state index is 12.6. The Morgan fingerprint density at radius 1 is 1.48 bits per heavy atom. The standard InChI is InChI=1S/C16H22N4O2S/c1-10(2)16-18-13(9-23-16)7-14(21)20-6-4-5-12(8-20)15-17-11(3)19-22-15/h9-10,12H,4-8H2,1-3H3. The zero-order valence-corrected chi connectivity index (χ0v) is 14.6. The normalized spacial score (nSPS) is 18.6. The van der Waals surface area contributed by atoms with Gasteiger partial charge in [-0.15, -0.1) is 11.3 Å². The largest absolute Gasteiger partial charge is 0.342 e. The van der Waals surface area contributed by atoms with Gasteiger partial charge >= 0.3 is 0 Å². The topological polar surface area (TPSA) is 72.1 Å². The molecule has 2 aromatic heterocycles. The molecule has 3 heterocycles. The predicted octanol–water partition coefficient (Wildman–Crippen LogP) is 2.91. The maximum atomic E-state index is 12.6. The number of rotatable bonds is 4. The van der Waals surface area contributed by atoms with Crippen molar-refractivity contribution in [2.24, 2.45) is 0 Å². The summed E-state index contributed by atoms with van der Waals surface area (Å²) >= 11 is 1.63. The second kappa shape index (κ2) is 6.78. The fourth-order valence-corrected chi connectivity index (χ4v) is 3.65. The van der Waals surface area contributed by atoms with Gasteiger partial charge in [-0.3, -0.25) is 4.79 Å². The molecule has 0 aliphatic carbocycles. The number of nitrogens with zero attached hydrogens (tertiary/aromatic N) is 4. The van der Waals surface area contributed by atoms with Crippen molar-refractivity contribution in [3.63, 3.8) is 0 Å². The second-order valence-electron chi connectivity index (χ2n) is 6.37. The number of carbonyl (C=O) groups is 1. The van der Waals surface area contributed by atoms with Gasteiger partial charge in [-0.2, -0.15) is 4.98 Å². The van der Waals surface area contributed by atoms with Gasteiger partial charge < -0.3 is 9.42 Å². The van der Waals surface area contributed by atoms with Gasteiger partial charge in [0.05, 0.1) is 23.0 Å². The van der Waals surface area contributed by atoms with E-state index in [-0.39, 0.29) is 11.8 Å². The zero-order valence-electron chi connectivity index (χ0n) is 13.8. The second-order valence-corrected chi connectivity index (χ2v) is 7.26. The molecule has 0 saturated carbocycles. The van der Waals surface area contributed by atoms with Gasteiger partial charge in [0, 0.05) is 24.4 Å². The van der Waals surface area contributed by atoms with Crippen LogP contribution in [0.1, 0.15) is 60.9 Å². The summed E-state index contributed by atoms with van der Waals surface area (Å²) in [7, 11) is 0. The minimum Gasteiger partial charge on any atom is -0.342 e. The first-order valence-corrected chi connectivity index (χ1v) is 8.93. The van der Waals surface area contributed by atoms with Crippen molar-refractivity contribution >= 4 is 17.2 Å². The first-order chi connectivity index (χ1) is 11.0. The Kier molecular flexibility index (Phi) is 4.75. The SMILES string of the molecule is Cc1noc(C2CCCN(C(=O)Cc3csc(C(C)C)n3)C2)n1. The predicted molar refractivity (Wildman–Crippen MR) is 87.5 cm³/mol. The number of aromatic nitrogens is 3. The van der Waals surface area contributed by atoms with Crippen LogP contribution >= 0.6 is 11.3 Å². The summed E-state index contributed by atoms with van der Waals surface area (Å²) in [4.78, 5) is 23.3. The molecule has 1 amide bonds. The molecule has 124 valence electrons. The highest BCUT2D eigenvalue weighted by Gasteiger charge is 2.28. The van der Waals surface area contributed by atoms with Crippen molar-refractivity contribution in [1.82, 2.24) is 20.0 Å². The van der Waals surface area contributed by atoms with Crippen molar-refractivity contribution in [2.45, 2.75) is 51.9 Å². The molecule has 0 aromatic carbocycles. The number of hydrogen-bond donors (Lipinski definition) is 0. The van der Waals surface area contributed by atoms with E-state index in [9.17, 15) is 4.79 Å². The molecule has 1 saturated heterocycles. The first kappa shape index (κ1) is 16.1. The van der Waals surface area contributed by atoms with Crippen LogP contribution in [0.15, 0.2) is 9.90 Å². The van der Waals surface area contributed by atoms with Gasteiger partial charge in [0.1, 0.15) is 0 Å². The molecule has 2 aromatic rings. The molecule has 0 spiro atoms. The molecular formula is C16H22N4O2S. The molecule has 1 unspecified atom stereocenters. The van der Waals surface area contributed by atoms with E-state index in [0.717, 1.165) is 30.1 Å². The first-order valence-electron chi connectivity index (χ1n) is 8.05. The van der Waals surface area contributed by atoms with Crippen LogP contribution in [0.3, 0.4) is 0 Å². The van der Waals surface area contributed by atoms with Crippen LogP contribution in [-0.4, -0.2) is 39.0 Å². The maximum Gasteiger partial charge on any atom is 0.231 e. The Labute approximate surface area is 139 Å². The lowest BCUT2D eigenvalue weighted by Crippen LogP contribution is -2.40. The van der Waals surface area contributed by atoms with E-state index in [1.807, 2.05) is 17.2 Å². The Hall–Kier alpha value is -1.76.